The van der Waals surface area contributed by atoms with Crippen LogP contribution in [-0.4, -0.2) is 17.0 Å². The zero-order chi connectivity index (χ0) is 16.4. The van der Waals surface area contributed by atoms with Gasteiger partial charge >= 0.3 is 0 Å². The third-order valence-corrected chi connectivity index (χ3v) is 7.23. The molecule has 0 saturated heterocycles. The minimum absolute atomic E-state index is 0.131. The summed E-state index contributed by atoms with van der Waals surface area (Å²) in [5, 5.41) is 3.07. The Labute approximate surface area is 150 Å². The summed E-state index contributed by atoms with van der Waals surface area (Å²) in [6.07, 6.45) is 8.23. The van der Waals surface area contributed by atoms with Gasteiger partial charge in [0.2, 0.25) is 12.7 Å². The Morgan fingerprint density at radius 1 is 1.17 bits per heavy atom. The van der Waals surface area contributed by atoms with E-state index >= 15 is 0 Å². The maximum absolute atomic E-state index is 12.7. The molecule has 0 aromatic heterocycles. The van der Waals surface area contributed by atoms with Gasteiger partial charge in [-0.15, -0.1) is 0 Å². The fraction of sp³-hybridized carbons (Fsp3) is 0.632. The van der Waals surface area contributed by atoms with Crippen LogP contribution in [0.4, 0.5) is 5.69 Å². The standard InChI is InChI=1S/C19H22BrNO3/c20-19-7-12-3-13(8-19)6-18(5-12,10-19)9-17(22)21-14-1-2-15-16(4-14)24-11-23-15/h1-2,4,12-13H,3,5-11H2,(H,21,22)/t12-,13+,18?,19?. The van der Waals surface area contributed by atoms with Gasteiger partial charge in [-0.2, -0.15) is 0 Å². The number of fused-ring (bicyclic) bond motifs is 1. The van der Waals surface area contributed by atoms with Crippen LogP contribution in [0, 0.1) is 17.3 Å². The molecule has 4 saturated carbocycles. The molecule has 4 atom stereocenters. The highest BCUT2D eigenvalue weighted by Crippen LogP contribution is 2.65. The molecule has 1 amide bonds. The van der Waals surface area contributed by atoms with Crippen LogP contribution < -0.4 is 14.8 Å². The number of hydrogen-bond acceptors (Lipinski definition) is 3. The van der Waals surface area contributed by atoms with Gasteiger partial charge in [0.05, 0.1) is 0 Å². The maximum Gasteiger partial charge on any atom is 0.231 e. The molecule has 24 heavy (non-hydrogen) atoms. The lowest BCUT2D eigenvalue weighted by Crippen LogP contribution is -2.53. The molecule has 1 N–H and O–H groups in total. The summed E-state index contributed by atoms with van der Waals surface area (Å²) in [5.41, 5.74) is 0.996. The quantitative estimate of drug-likeness (QED) is 0.772. The lowest BCUT2D eigenvalue weighted by atomic mass is 9.48. The summed E-state index contributed by atoms with van der Waals surface area (Å²) in [6, 6.07) is 5.60. The Morgan fingerprint density at radius 2 is 1.92 bits per heavy atom. The summed E-state index contributed by atoms with van der Waals surface area (Å²) in [6.45, 7) is 0.256. The molecule has 2 unspecified atom stereocenters. The second-order valence-electron chi connectivity index (χ2n) is 8.40. The van der Waals surface area contributed by atoms with Crippen molar-refractivity contribution >= 4 is 27.5 Å². The summed E-state index contributed by atoms with van der Waals surface area (Å²) in [7, 11) is 0. The number of alkyl halides is 1. The number of rotatable bonds is 3. The summed E-state index contributed by atoms with van der Waals surface area (Å²) >= 11 is 4.02. The van der Waals surface area contributed by atoms with Gasteiger partial charge in [0.1, 0.15) is 0 Å². The molecule has 1 aliphatic heterocycles. The first-order valence-corrected chi connectivity index (χ1v) is 9.69. The van der Waals surface area contributed by atoms with E-state index in [1.165, 1.54) is 32.1 Å². The highest BCUT2D eigenvalue weighted by Gasteiger charge is 2.57. The van der Waals surface area contributed by atoms with E-state index in [1.54, 1.807) is 0 Å². The molecule has 1 heterocycles. The first kappa shape index (κ1) is 15.1. The molecule has 6 rings (SSSR count). The second-order valence-corrected chi connectivity index (χ2v) is 10.1. The average molecular weight is 392 g/mol. The minimum Gasteiger partial charge on any atom is -0.454 e. The number of anilines is 1. The van der Waals surface area contributed by atoms with E-state index in [2.05, 4.69) is 21.2 Å². The maximum atomic E-state index is 12.7. The van der Waals surface area contributed by atoms with Crippen molar-refractivity contribution in [1.82, 2.24) is 0 Å². The minimum atomic E-state index is 0.131. The van der Waals surface area contributed by atoms with Gasteiger partial charge in [0, 0.05) is 22.5 Å². The van der Waals surface area contributed by atoms with Crippen molar-refractivity contribution in [2.75, 3.05) is 12.1 Å². The van der Waals surface area contributed by atoms with E-state index in [9.17, 15) is 4.79 Å². The molecule has 4 nitrogen and oxygen atoms in total. The van der Waals surface area contributed by atoms with Crippen molar-refractivity contribution in [3.8, 4) is 11.5 Å². The van der Waals surface area contributed by atoms with Crippen LogP contribution in [0.15, 0.2) is 18.2 Å². The van der Waals surface area contributed by atoms with Gasteiger partial charge in [-0.1, -0.05) is 15.9 Å². The SMILES string of the molecule is O=C(CC12C[C@@H]3C[C@@H](CC(Br)(C3)C1)C2)Nc1ccc2c(c1)OCO2. The lowest BCUT2D eigenvalue weighted by molar-refractivity contribution is -0.123. The number of halogens is 1. The first-order valence-electron chi connectivity index (χ1n) is 8.89. The van der Waals surface area contributed by atoms with Crippen LogP contribution in [0.5, 0.6) is 11.5 Å². The van der Waals surface area contributed by atoms with E-state index in [0.29, 0.717) is 16.5 Å². The monoisotopic (exact) mass is 391 g/mol. The lowest BCUT2D eigenvalue weighted by Gasteiger charge is -2.60. The van der Waals surface area contributed by atoms with E-state index in [0.717, 1.165) is 29.7 Å². The number of nitrogens with one attached hydrogen (secondary N) is 1. The number of ether oxygens (including phenoxy) is 2. The number of hydrogen-bond donors (Lipinski definition) is 1. The highest BCUT2D eigenvalue weighted by atomic mass is 79.9. The van der Waals surface area contributed by atoms with E-state index < -0.39 is 0 Å². The molecular weight excluding hydrogens is 370 g/mol. The van der Waals surface area contributed by atoms with E-state index in [-0.39, 0.29) is 18.1 Å². The largest absolute Gasteiger partial charge is 0.454 e. The topological polar surface area (TPSA) is 47.6 Å². The third kappa shape index (κ3) is 2.52. The fourth-order valence-corrected chi connectivity index (χ4v) is 7.57. The van der Waals surface area contributed by atoms with E-state index in [1.807, 2.05) is 18.2 Å². The number of carbonyl (C=O) groups is 1. The smallest absolute Gasteiger partial charge is 0.231 e. The van der Waals surface area contributed by atoms with Crippen LogP contribution in [-0.2, 0) is 4.79 Å². The van der Waals surface area contributed by atoms with Gasteiger partial charge in [-0.25, -0.2) is 0 Å². The third-order valence-electron chi connectivity index (χ3n) is 6.30. The van der Waals surface area contributed by atoms with Crippen molar-refractivity contribution in [1.29, 1.82) is 0 Å². The molecule has 4 fully saturated rings. The molecule has 1 aromatic carbocycles. The van der Waals surface area contributed by atoms with Gasteiger partial charge in [0.15, 0.2) is 11.5 Å². The zero-order valence-electron chi connectivity index (χ0n) is 13.6. The molecule has 5 heteroatoms. The summed E-state index contributed by atoms with van der Waals surface area (Å²) in [4.78, 5) is 12.7. The first-order chi connectivity index (χ1) is 11.5. The molecule has 4 aliphatic carbocycles. The predicted molar refractivity (Wildman–Crippen MR) is 94.6 cm³/mol. The normalized spacial score (nSPS) is 38.4. The van der Waals surface area contributed by atoms with Crippen molar-refractivity contribution < 1.29 is 14.3 Å². The Hall–Kier alpha value is -1.23. The molecule has 4 bridgehead atoms. The van der Waals surface area contributed by atoms with Gasteiger partial charge < -0.3 is 14.8 Å². The van der Waals surface area contributed by atoms with Gasteiger partial charge in [0.25, 0.3) is 0 Å². The number of amides is 1. The highest BCUT2D eigenvalue weighted by molar-refractivity contribution is 9.10. The fourth-order valence-electron chi connectivity index (χ4n) is 6.06. The summed E-state index contributed by atoms with van der Waals surface area (Å²) < 4.78 is 11.0. The Bertz CT molecular complexity index is 690. The van der Waals surface area contributed by atoms with Crippen molar-refractivity contribution in [3.63, 3.8) is 0 Å². The number of benzene rings is 1. The Kier molecular flexibility index (Phi) is 3.22. The molecular formula is C19H22BrNO3. The predicted octanol–water partition coefficient (Wildman–Crippen LogP) is 4.48. The van der Waals surface area contributed by atoms with Crippen LogP contribution >= 0.6 is 15.9 Å². The van der Waals surface area contributed by atoms with Crippen LogP contribution in [0.25, 0.3) is 0 Å². The zero-order valence-corrected chi connectivity index (χ0v) is 15.2. The van der Waals surface area contributed by atoms with Crippen LogP contribution in [0.1, 0.15) is 44.9 Å². The van der Waals surface area contributed by atoms with Crippen molar-refractivity contribution in [2.24, 2.45) is 17.3 Å². The summed E-state index contributed by atoms with van der Waals surface area (Å²) in [5.74, 6) is 3.21. The molecule has 0 spiro atoms. The van der Waals surface area contributed by atoms with Crippen molar-refractivity contribution in [3.05, 3.63) is 18.2 Å². The van der Waals surface area contributed by atoms with Crippen molar-refractivity contribution in [2.45, 2.75) is 49.3 Å². The number of carbonyl (C=O) groups excluding carboxylic acids is 1. The molecule has 5 aliphatic rings. The van der Waals surface area contributed by atoms with Crippen LogP contribution in [0.3, 0.4) is 0 Å². The Morgan fingerprint density at radius 3 is 2.67 bits per heavy atom. The van der Waals surface area contributed by atoms with Crippen LogP contribution in [0.2, 0.25) is 0 Å². The average Bonchev–Trinajstić information content (AvgIpc) is 2.91. The molecule has 1 aromatic rings. The molecule has 128 valence electrons. The van der Waals surface area contributed by atoms with E-state index in [4.69, 9.17) is 9.47 Å². The second kappa shape index (κ2) is 5.13. The molecule has 0 radical (unpaired) electrons. The van der Waals surface area contributed by atoms with Gasteiger partial charge in [-0.3, -0.25) is 4.79 Å². The Balaban J connectivity index is 1.30. The van der Waals surface area contributed by atoms with Gasteiger partial charge in [-0.05, 0) is 67.9 Å².